The minimum Gasteiger partial charge on any atom is -0.489 e. The summed E-state index contributed by atoms with van der Waals surface area (Å²) in [6.45, 7) is 8.35. The summed E-state index contributed by atoms with van der Waals surface area (Å²) >= 11 is 6.30. The largest absolute Gasteiger partial charge is 0.489 e. The van der Waals surface area contributed by atoms with Crippen molar-refractivity contribution in [3.63, 3.8) is 0 Å². The molecule has 2 aromatic heterocycles. The number of amides is 1. The van der Waals surface area contributed by atoms with Gasteiger partial charge in [0.25, 0.3) is 5.91 Å². The Morgan fingerprint density at radius 2 is 1.88 bits per heavy atom. The number of halogens is 1. The minimum absolute atomic E-state index is 0.235. The van der Waals surface area contributed by atoms with Gasteiger partial charge < -0.3 is 14.6 Å². The van der Waals surface area contributed by atoms with Crippen LogP contribution in [-0.4, -0.2) is 20.8 Å². The Hall–Kier alpha value is -3.58. The molecule has 0 spiro atoms. The second-order valence-corrected chi connectivity index (χ2v) is 8.28. The average Bonchev–Trinajstić information content (AvgIpc) is 3.26. The van der Waals surface area contributed by atoms with Crippen LogP contribution in [0.5, 0.6) is 5.75 Å². The predicted molar refractivity (Wildman–Crippen MR) is 127 cm³/mol. The molecular formula is C25H25ClN4O3. The van der Waals surface area contributed by atoms with E-state index in [0.29, 0.717) is 35.2 Å². The first-order valence-electron chi connectivity index (χ1n) is 10.6. The van der Waals surface area contributed by atoms with Crippen molar-refractivity contribution in [1.82, 2.24) is 14.9 Å². The topological polar surface area (TPSA) is 82.2 Å². The first-order chi connectivity index (χ1) is 15.8. The molecule has 4 rings (SSSR count). The molecule has 0 bridgehead atoms. The van der Waals surface area contributed by atoms with E-state index >= 15 is 0 Å². The van der Waals surface area contributed by atoms with E-state index in [9.17, 15) is 4.79 Å². The summed E-state index contributed by atoms with van der Waals surface area (Å²) < 4.78 is 12.9. The number of carbonyl (C=O) groups is 1. The third-order valence-electron chi connectivity index (χ3n) is 5.56. The van der Waals surface area contributed by atoms with Crippen LogP contribution >= 0.6 is 11.6 Å². The Bertz CT molecular complexity index is 1290. The van der Waals surface area contributed by atoms with E-state index in [4.69, 9.17) is 20.9 Å². The quantitative estimate of drug-likeness (QED) is 0.383. The van der Waals surface area contributed by atoms with E-state index in [1.165, 1.54) is 0 Å². The van der Waals surface area contributed by atoms with E-state index in [-0.39, 0.29) is 5.91 Å². The maximum atomic E-state index is 13.0. The predicted octanol–water partition coefficient (Wildman–Crippen LogP) is 5.64. The van der Waals surface area contributed by atoms with Crippen LogP contribution in [0.2, 0.25) is 5.02 Å². The summed E-state index contributed by atoms with van der Waals surface area (Å²) in [5, 5.41) is 12.2. The SMILES string of the molecule is Cc1noc(C)c1COc1cccc(C(=O)Nc2c(C)nn(Cc3ccccc3Cl)c2C)c1. The Morgan fingerprint density at radius 3 is 2.61 bits per heavy atom. The van der Waals surface area contributed by atoms with Crippen LogP contribution in [0.4, 0.5) is 5.69 Å². The number of hydrogen-bond donors (Lipinski definition) is 1. The summed E-state index contributed by atoms with van der Waals surface area (Å²) in [5.41, 5.74) is 5.43. The highest BCUT2D eigenvalue weighted by Crippen LogP contribution is 2.24. The molecule has 33 heavy (non-hydrogen) atoms. The number of aryl methyl sites for hydroxylation is 3. The van der Waals surface area contributed by atoms with E-state index in [1.807, 2.05) is 62.7 Å². The Kier molecular flexibility index (Phi) is 6.51. The molecular weight excluding hydrogens is 440 g/mol. The van der Waals surface area contributed by atoms with Crippen LogP contribution in [0.15, 0.2) is 53.1 Å². The lowest BCUT2D eigenvalue weighted by Crippen LogP contribution is -2.13. The monoisotopic (exact) mass is 464 g/mol. The van der Waals surface area contributed by atoms with Crippen LogP contribution < -0.4 is 10.1 Å². The number of ether oxygens (including phenoxy) is 1. The lowest BCUT2D eigenvalue weighted by Gasteiger charge is -2.10. The Balaban J connectivity index is 1.48. The van der Waals surface area contributed by atoms with E-state index in [2.05, 4.69) is 15.6 Å². The molecule has 0 aliphatic carbocycles. The highest BCUT2D eigenvalue weighted by molar-refractivity contribution is 6.31. The number of anilines is 1. The first-order valence-corrected chi connectivity index (χ1v) is 10.9. The fourth-order valence-electron chi connectivity index (χ4n) is 3.60. The van der Waals surface area contributed by atoms with E-state index in [1.54, 1.807) is 18.2 Å². The number of aromatic nitrogens is 3. The summed E-state index contributed by atoms with van der Waals surface area (Å²) in [7, 11) is 0. The molecule has 2 heterocycles. The van der Waals surface area contributed by atoms with Gasteiger partial charge in [-0.05, 0) is 57.5 Å². The summed E-state index contributed by atoms with van der Waals surface area (Å²) in [5.74, 6) is 1.08. The van der Waals surface area contributed by atoms with Crippen LogP contribution in [0.25, 0.3) is 0 Å². The van der Waals surface area contributed by atoms with Crippen molar-refractivity contribution in [1.29, 1.82) is 0 Å². The molecule has 1 amide bonds. The van der Waals surface area contributed by atoms with Crippen LogP contribution in [0.3, 0.4) is 0 Å². The van der Waals surface area contributed by atoms with Crippen molar-refractivity contribution in [2.75, 3.05) is 5.32 Å². The normalized spacial score (nSPS) is 10.9. The second kappa shape index (κ2) is 9.50. The van der Waals surface area contributed by atoms with Gasteiger partial charge >= 0.3 is 0 Å². The van der Waals surface area contributed by atoms with Crippen molar-refractivity contribution in [2.45, 2.75) is 40.8 Å². The zero-order valence-corrected chi connectivity index (χ0v) is 19.7. The third-order valence-corrected chi connectivity index (χ3v) is 5.93. The van der Waals surface area contributed by atoms with Gasteiger partial charge in [-0.3, -0.25) is 9.48 Å². The number of carbonyl (C=O) groups excluding carboxylic acids is 1. The van der Waals surface area contributed by atoms with Crippen molar-refractivity contribution in [3.8, 4) is 5.75 Å². The average molecular weight is 465 g/mol. The van der Waals surface area contributed by atoms with Crippen LogP contribution in [-0.2, 0) is 13.2 Å². The smallest absolute Gasteiger partial charge is 0.255 e. The molecule has 0 aliphatic rings. The molecule has 4 aromatic rings. The molecule has 0 aliphatic heterocycles. The van der Waals surface area contributed by atoms with Crippen molar-refractivity contribution in [3.05, 3.63) is 93.1 Å². The molecule has 0 saturated heterocycles. The van der Waals surface area contributed by atoms with E-state index < -0.39 is 0 Å². The van der Waals surface area contributed by atoms with Gasteiger partial charge in [-0.15, -0.1) is 0 Å². The van der Waals surface area contributed by atoms with Gasteiger partial charge in [0, 0.05) is 10.6 Å². The molecule has 2 aromatic carbocycles. The highest BCUT2D eigenvalue weighted by atomic mass is 35.5. The molecule has 8 heteroatoms. The number of rotatable bonds is 7. The highest BCUT2D eigenvalue weighted by Gasteiger charge is 2.17. The number of hydrogen-bond acceptors (Lipinski definition) is 5. The van der Waals surface area contributed by atoms with Gasteiger partial charge in [-0.25, -0.2) is 0 Å². The standard InChI is InChI=1S/C25H25ClN4O3/c1-15-22(18(4)33-29-15)14-32-21-10-7-9-19(12-21)25(31)27-24-16(2)28-30(17(24)3)13-20-8-5-6-11-23(20)26/h5-12H,13-14H2,1-4H3,(H,27,31). The van der Waals surface area contributed by atoms with Crippen molar-refractivity contribution in [2.24, 2.45) is 0 Å². The Morgan fingerprint density at radius 1 is 1.09 bits per heavy atom. The maximum absolute atomic E-state index is 13.0. The van der Waals surface area contributed by atoms with Gasteiger partial charge in [0.2, 0.25) is 0 Å². The molecule has 0 unspecified atom stereocenters. The summed E-state index contributed by atoms with van der Waals surface area (Å²) in [6.07, 6.45) is 0. The van der Waals surface area contributed by atoms with Gasteiger partial charge in [-0.2, -0.15) is 5.10 Å². The molecule has 0 radical (unpaired) electrons. The van der Waals surface area contributed by atoms with Crippen molar-refractivity contribution < 1.29 is 14.1 Å². The van der Waals surface area contributed by atoms with Gasteiger partial charge in [0.1, 0.15) is 18.1 Å². The molecule has 7 nitrogen and oxygen atoms in total. The first kappa shape index (κ1) is 22.6. The number of nitrogens with zero attached hydrogens (tertiary/aromatic N) is 3. The number of nitrogens with one attached hydrogen (secondary N) is 1. The molecule has 1 N–H and O–H groups in total. The lowest BCUT2D eigenvalue weighted by atomic mass is 10.2. The maximum Gasteiger partial charge on any atom is 0.255 e. The second-order valence-electron chi connectivity index (χ2n) is 7.87. The van der Waals surface area contributed by atoms with Gasteiger partial charge in [-0.1, -0.05) is 41.0 Å². The summed E-state index contributed by atoms with van der Waals surface area (Å²) in [6, 6.07) is 14.7. The number of benzene rings is 2. The molecule has 0 atom stereocenters. The zero-order chi connectivity index (χ0) is 23.5. The van der Waals surface area contributed by atoms with Crippen LogP contribution in [0, 0.1) is 27.7 Å². The Labute approximate surface area is 197 Å². The third kappa shape index (κ3) is 4.93. The fraction of sp³-hybridized carbons (Fsp3) is 0.240. The van der Waals surface area contributed by atoms with Gasteiger partial charge in [0.05, 0.1) is 34.9 Å². The van der Waals surface area contributed by atoms with Crippen LogP contribution in [0.1, 0.15) is 44.3 Å². The summed E-state index contributed by atoms with van der Waals surface area (Å²) in [4.78, 5) is 13.0. The molecule has 0 saturated carbocycles. The zero-order valence-electron chi connectivity index (χ0n) is 19.0. The minimum atomic E-state index is -0.235. The molecule has 0 fully saturated rings. The van der Waals surface area contributed by atoms with Gasteiger partial charge in [0.15, 0.2) is 0 Å². The van der Waals surface area contributed by atoms with E-state index in [0.717, 1.165) is 34.0 Å². The molecule has 170 valence electrons. The fourth-order valence-corrected chi connectivity index (χ4v) is 3.79. The van der Waals surface area contributed by atoms with Crippen molar-refractivity contribution >= 4 is 23.2 Å². The lowest BCUT2D eigenvalue weighted by molar-refractivity contribution is 0.102.